The summed E-state index contributed by atoms with van der Waals surface area (Å²) in [5.41, 5.74) is 0.554. The number of anilines is 1. The lowest BCUT2D eigenvalue weighted by Crippen LogP contribution is -2.22. The second-order valence-corrected chi connectivity index (χ2v) is 5.62. The molecule has 22 heavy (non-hydrogen) atoms. The Morgan fingerprint density at radius 3 is 3.00 bits per heavy atom. The van der Waals surface area contributed by atoms with E-state index in [0.717, 1.165) is 10.6 Å². The summed E-state index contributed by atoms with van der Waals surface area (Å²) in [6, 6.07) is 11.3. The van der Waals surface area contributed by atoms with Crippen molar-refractivity contribution in [3.8, 4) is 11.4 Å². The minimum Gasteiger partial charge on any atom is -0.497 e. The van der Waals surface area contributed by atoms with Crippen LogP contribution in [0.15, 0.2) is 59.0 Å². The first-order valence-electron chi connectivity index (χ1n) is 6.76. The lowest BCUT2D eigenvalue weighted by Gasteiger charge is -2.09. The first kappa shape index (κ1) is 14.3. The van der Waals surface area contributed by atoms with E-state index in [1.165, 1.54) is 0 Å². The van der Waals surface area contributed by atoms with Gasteiger partial charge in [0.2, 0.25) is 0 Å². The highest BCUT2D eigenvalue weighted by molar-refractivity contribution is 7.09. The summed E-state index contributed by atoms with van der Waals surface area (Å²) in [7, 11) is 1.60. The molecular formula is C16H15N3O2S. The molecule has 0 fully saturated rings. The number of methoxy groups -OCH3 is 1. The summed E-state index contributed by atoms with van der Waals surface area (Å²) in [5.74, 6) is 1.04. The zero-order chi connectivity index (χ0) is 15.4. The SMILES string of the molecule is COc1cccc(-n2ccnc(NCc3cccs3)c2=O)c1. The van der Waals surface area contributed by atoms with Gasteiger partial charge in [-0.2, -0.15) is 0 Å². The molecule has 1 N–H and O–H groups in total. The van der Waals surface area contributed by atoms with Crippen molar-refractivity contribution in [2.24, 2.45) is 0 Å². The van der Waals surface area contributed by atoms with Crippen LogP contribution in [0.3, 0.4) is 0 Å². The number of benzene rings is 1. The van der Waals surface area contributed by atoms with Crippen molar-refractivity contribution >= 4 is 17.2 Å². The maximum absolute atomic E-state index is 12.5. The van der Waals surface area contributed by atoms with E-state index >= 15 is 0 Å². The van der Waals surface area contributed by atoms with Gasteiger partial charge in [-0.15, -0.1) is 11.3 Å². The second kappa shape index (κ2) is 6.44. The fraction of sp³-hybridized carbons (Fsp3) is 0.125. The summed E-state index contributed by atoms with van der Waals surface area (Å²) < 4.78 is 6.75. The number of rotatable bonds is 5. The van der Waals surface area contributed by atoms with Gasteiger partial charge in [0.1, 0.15) is 5.75 Å². The van der Waals surface area contributed by atoms with Crippen LogP contribution < -0.4 is 15.6 Å². The van der Waals surface area contributed by atoms with Crippen molar-refractivity contribution in [3.63, 3.8) is 0 Å². The molecule has 0 atom stereocenters. The average molecular weight is 313 g/mol. The van der Waals surface area contributed by atoms with Crippen LogP contribution in [0.4, 0.5) is 5.82 Å². The number of aromatic nitrogens is 2. The van der Waals surface area contributed by atoms with Crippen molar-refractivity contribution in [1.82, 2.24) is 9.55 Å². The van der Waals surface area contributed by atoms with Gasteiger partial charge in [0.15, 0.2) is 5.82 Å². The van der Waals surface area contributed by atoms with E-state index in [4.69, 9.17) is 4.74 Å². The summed E-state index contributed by atoms with van der Waals surface area (Å²) >= 11 is 1.64. The maximum Gasteiger partial charge on any atom is 0.297 e. The molecule has 0 radical (unpaired) electrons. The molecule has 0 bridgehead atoms. The van der Waals surface area contributed by atoms with Crippen LogP contribution in [-0.2, 0) is 6.54 Å². The first-order chi connectivity index (χ1) is 10.8. The van der Waals surface area contributed by atoms with Crippen LogP contribution in [0, 0.1) is 0 Å². The molecule has 6 heteroatoms. The lowest BCUT2D eigenvalue weighted by atomic mass is 10.3. The van der Waals surface area contributed by atoms with Crippen LogP contribution in [0.25, 0.3) is 5.69 Å². The van der Waals surface area contributed by atoms with E-state index in [9.17, 15) is 4.79 Å². The molecule has 0 aliphatic heterocycles. The zero-order valence-electron chi connectivity index (χ0n) is 12.0. The molecule has 5 nitrogen and oxygen atoms in total. The minimum absolute atomic E-state index is 0.188. The van der Waals surface area contributed by atoms with Crippen molar-refractivity contribution in [3.05, 3.63) is 69.4 Å². The molecule has 2 aromatic heterocycles. The van der Waals surface area contributed by atoms with E-state index in [-0.39, 0.29) is 5.56 Å². The smallest absolute Gasteiger partial charge is 0.297 e. The quantitative estimate of drug-likeness (QED) is 0.787. The zero-order valence-corrected chi connectivity index (χ0v) is 12.8. The Labute approximate surface area is 131 Å². The summed E-state index contributed by atoms with van der Waals surface area (Å²) in [5, 5.41) is 5.09. The summed E-state index contributed by atoms with van der Waals surface area (Å²) in [6.45, 7) is 0.585. The first-order valence-corrected chi connectivity index (χ1v) is 7.64. The van der Waals surface area contributed by atoms with Gasteiger partial charge in [-0.05, 0) is 23.6 Å². The van der Waals surface area contributed by atoms with Crippen molar-refractivity contribution in [2.75, 3.05) is 12.4 Å². The van der Waals surface area contributed by atoms with E-state index < -0.39 is 0 Å². The normalized spacial score (nSPS) is 10.4. The minimum atomic E-state index is -0.188. The number of ether oxygens (including phenoxy) is 1. The predicted octanol–water partition coefficient (Wildman–Crippen LogP) is 2.91. The van der Waals surface area contributed by atoms with Crippen LogP contribution in [0.1, 0.15) is 4.88 Å². The van der Waals surface area contributed by atoms with E-state index in [0.29, 0.717) is 18.1 Å². The molecular weight excluding hydrogens is 298 g/mol. The predicted molar refractivity (Wildman–Crippen MR) is 88.0 cm³/mol. The van der Waals surface area contributed by atoms with E-state index in [2.05, 4.69) is 10.3 Å². The highest BCUT2D eigenvalue weighted by Gasteiger charge is 2.07. The van der Waals surface area contributed by atoms with Crippen LogP contribution in [0.5, 0.6) is 5.75 Å². The number of hydrogen-bond acceptors (Lipinski definition) is 5. The molecule has 112 valence electrons. The monoisotopic (exact) mass is 313 g/mol. The fourth-order valence-electron chi connectivity index (χ4n) is 2.08. The van der Waals surface area contributed by atoms with E-state index in [1.807, 2.05) is 41.8 Å². The Bertz CT molecular complexity index is 812. The van der Waals surface area contributed by atoms with Gasteiger partial charge in [-0.25, -0.2) is 4.98 Å². The third-order valence-electron chi connectivity index (χ3n) is 3.18. The Hall–Kier alpha value is -2.60. The van der Waals surface area contributed by atoms with Gasteiger partial charge in [-0.1, -0.05) is 12.1 Å². The third-order valence-corrected chi connectivity index (χ3v) is 4.06. The maximum atomic E-state index is 12.5. The van der Waals surface area contributed by atoms with Crippen LogP contribution in [0.2, 0.25) is 0 Å². The molecule has 3 rings (SSSR count). The summed E-state index contributed by atoms with van der Waals surface area (Å²) in [4.78, 5) is 17.8. The van der Waals surface area contributed by atoms with Gasteiger partial charge in [0.05, 0.1) is 19.3 Å². The van der Waals surface area contributed by atoms with Gasteiger partial charge in [0, 0.05) is 23.3 Å². The van der Waals surface area contributed by atoms with Crippen molar-refractivity contribution < 1.29 is 4.74 Å². The molecule has 1 aromatic carbocycles. The van der Waals surface area contributed by atoms with Gasteiger partial charge >= 0.3 is 0 Å². The van der Waals surface area contributed by atoms with Crippen molar-refractivity contribution in [1.29, 1.82) is 0 Å². The molecule has 0 aliphatic carbocycles. The Morgan fingerprint density at radius 2 is 2.23 bits per heavy atom. The number of thiophene rings is 1. The largest absolute Gasteiger partial charge is 0.497 e. The topological polar surface area (TPSA) is 56.1 Å². The van der Waals surface area contributed by atoms with Gasteiger partial charge < -0.3 is 10.1 Å². The number of hydrogen-bond donors (Lipinski definition) is 1. The second-order valence-electron chi connectivity index (χ2n) is 4.59. The molecule has 0 saturated carbocycles. The highest BCUT2D eigenvalue weighted by atomic mass is 32.1. The Balaban J connectivity index is 1.89. The number of nitrogens with zero attached hydrogens (tertiary/aromatic N) is 2. The lowest BCUT2D eigenvalue weighted by molar-refractivity contribution is 0.414. The standard InChI is InChI=1S/C16H15N3O2S/c1-21-13-5-2-4-12(10-13)19-8-7-17-15(16(19)20)18-11-14-6-3-9-22-14/h2-10H,11H2,1H3,(H,17,18). The Morgan fingerprint density at radius 1 is 1.32 bits per heavy atom. The molecule has 0 amide bonds. The average Bonchev–Trinajstić information content (AvgIpc) is 3.07. The molecule has 2 heterocycles. The van der Waals surface area contributed by atoms with Crippen LogP contribution >= 0.6 is 11.3 Å². The van der Waals surface area contributed by atoms with Crippen LogP contribution in [-0.4, -0.2) is 16.7 Å². The molecule has 0 unspecified atom stereocenters. The third kappa shape index (κ3) is 3.01. The highest BCUT2D eigenvalue weighted by Crippen LogP contribution is 2.15. The molecule has 0 aliphatic rings. The van der Waals surface area contributed by atoms with Gasteiger partial charge in [-0.3, -0.25) is 9.36 Å². The molecule has 0 spiro atoms. The fourth-order valence-corrected chi connectivity index (χ4v) is 2.73. The van der Waals surface area contributed by atoms with Gasteiger partial charge in [0.25, 0.3) is 5.56 Å². The summed E-state index contributed by atoms with van der Waals surface area (Å²) in [6.07, 6.45) is 3.26. The molecule has 3 aromatic rings. The van der Waals surface area contributed by atoms with E-state index in [1.54, 1.807) is 35.4 Å². The molecule has 0 saturated heterocycles. The van der Waals surface area contributed by atoms with Crippen molar-refractivity contribution in [2.45, 2.75) is 6.54 Å². The number of nitrogens with one attached hydrogen (secondary N) is 1. The Kier molecular flexibility index (Phi) is 4.20.